The van der Waals surface area contributed by atoms with Gasteiger partial charge in [-0.15, -0.1) is 0 Å². The maximum atomic E-state index is 13.5. The number of carbonyl (C=O) groups is 3. The minimum absolute atomic E-state index is 0.0139. The maximum Gasteiger partial charge on any atom is 0.435 e. The molecule has 11 nitrogen and oxygen atoms in total. The molecule has 1 aromatic carbocycles. The standard InChI is InChI=1S/C24H21ClF5N7O4/c1-35-16(14-8-37(9-17(26)27)34-19(14)24(28,29)30)5-31-20(35)22(39)32-10-2-3-11(15(25)4-10)21(38)33-18-12-6-36(23(40)41)7-13(12)18/h2-5,8,12-13,17-18H,6-7,9H2,1H3,(H,32,39)(H,33,38)(H,40,41)/t12-,13+,18?. The number of imidazole rings is 1. The smallest absolute Gasteiger partial charge is 0.435 e. The summed E-state index contributed by atoms with van der Waals surface area (Å²) in [6, 6.07) is 3.94. The molecule has 218 valence electrons. The molecule has 3 aromatic rings. The van der Waals surface area contributed by atoms with Gasteiger partial charge >= 0.3 is 12.3 Å². The van der Waals surface area contributed by atoms with Crippen LogP contribution in [-0.4, -0.2) is 72.8 Å². The third-order valence-corrected chi connectivity index (χ3v) is 7.37. The van der Waals surface area contributed by atoms with Gasteiger partial charge in [0.2, 0.25) is 0 Å². The number of rotatable bonds is 7. The number of piperidine rings is 1. The van der Waals surface area contributed by atoms with Gasteiger partial charge in [-0.1, -0.05) is 11.6 Å². The van der Waals surface area contributed by atoms with Crippen LogP contribution >= 0.6 is 11.6 Å². The molecule has 1 saturated carbocycles. The third-order valence-electron chi connectivity index (χ3n) is 7.06. The van der Waals surface area contributed by atoms with Crippen molar-refractivity contribution in [1.82, 2.24) is 29.5 Å². The number of hydrogen-bond acceptors (Lipinski definition) is 5. The molecular weight excluding hydrogens is 581 g/mol. The van der Waals surface area contributed by atoms with E-state index in [1.54, 1.807) is 0 Å². The van der Waals surface area contributed by atoms with Crippen LogP contribution in [-0.2, 0) is 19.8 Å². The van der Waals surface area contributed by atoms with Crippen LogP contribution in [0.3, 0.4) is 0 Å². The van der Waals surface area contributed by atoms with Crippen molar-refractivity contribution in [2.24, 2.45) is 18.9 Å². The predicted octanol–water partition coefficient (Wildman–Crippen LogP) is 3.81. The molecule has 17 heteroatoms. The molecule has 1 saturated heterocycles. The molecule has 2 fully saturated rings. The molecule has 3 atom stereocenters. The molecule has 3 amide bonds. The monoisotopic (exact) mass is 601 g/mol. The Morgan fingerprint density at radius 1 is 1.17 bits per heavy atom. The van der Waals surface area contributed by atoms with E-state index in [4.69, 9.17) is 16.7 Å². The third kappa shape index (κ3) is 5.55. The Balaban J connectivity index is 1.27. The molecule has 1 aliphatic carbocycles. The highest BCUT2D eigenvalue weighted by atomic mass is 35.5. The van der Waals surface area contributed by atoms with Crippen LogP contribution in [0.25, 0.3) is 11.3 Å². The first kappa shape index (κ1) is 28.3. The van der Waals surface area contributed by atoms with E-state index >= 15 is 0 Å². The first-order valence-electron chi connectivity index (χ1n) is 12.1. The van der Waals surface area contributed by atoms with E-state index in [1.165, 1.54) is 30.1 Å². The van der Waals surface area contributed by atoms with Gasteiger partial charge in [-0.05, 0) is 18.2 Å². The summed E-state index contributed by atoms with van der Waals surface area (Å²) in [5, 5.41) is 17.6. The summed E-state index contributed by atoms with van der Waals surface area (Å²) in [5.41, 5.74) is -1.81. The van der Waals surface area contributed by atoms with Crippen molar-refractivity contribution in [3.63, 3.8) is 0 Å². The van der Waals surface area contributed by atoms with Crippen LogP contribution in [0.2, 0.25) is 5.02 Å². The molecule has 0 radical (unpaired) electrons. The number of aromatic nitrogens is 4. The molecular formula is C24H21ClF5N7O4. The molecule has 0 spiro atoms. The number of carboxylic acid groups (broad SMARTS) is 1. The van der Waals surface area contributed by atoms with Crippen molar-refractivity contribution in [2.75, 3.05) is 18.4 Å². The van der Waals surface area contributed by atoms with E-state index in [0.717, 1.165) is 17.0 Å². The van der Waals surface area contributed by atoms with E-state index in [2.05, 4.69) is 20.7 Å². The second kappa shape index (κ2) is 10.3. The summed E-state index contributed by atoms with van der Waals surface area (Å²) in [6.45, 7) is -0.365. The number of fused-ring (bicyclic) bond motifs is 1. The SMILES string of the molecule is Cn1c(-c2cn(CC(F)F)nc2C(F)(F)F)cnc1C(=O)Nc1ccc(C(=O)NC2[C@H]3CN(C(=O)O)C[C@@H]23)c(Cl)c1. The summed E-state index contributed by atoms with van der Waals surface area (Å²) >= 11 is 6.27. The number of carbonyl (C=O) groups excluding carboxylic acids is 2. The van der Waals surface area contributed by atoms with Crippen molar-refractivity contribution in [3.8, 4) is 11.3 Å². The Morgan fingerprint density at radius 2 is 1.85 bits per heavy atom. The molecule has 1 unspecified atom stereocenters. The number of nitrogens with one attached hydrogen (secondary N) is 2. The van der Waals surface area contributed by atoms with Crippen molar-refractivity contribution in [2.45, 2.75) is 25.2 Å². The lowest BCUT2D eigenvalue weighted by Crippen LogP contribution is -2.36. The zero-order chi connectivity index (χ0) is 29.8. The number of anilines is 1. The number of alkyl halides is 5. The lowest BCUT2D eigenvalue weighted by atomic mass is 10.2. The molecule has 5 rings (SSSR count). The lowest BCUT2D eigenvalue weighted by molar-refractivity contribution is -0.141. The number of amides is 3. The van der Waals surface area contributed by atoms with Gasteiger partial charge in [0, 0.05) is 49.9 Å². The number of hydrogen-bond donors (Lipinski definition) is 3. The highest BCUT2D eigenvalue weighted by Gasteiger charge is 2.57. The van der Waals surface area contributed by atoms with Crippen LogP contribution in [0.5, 0.6) is 0 Å². The van der Waals surface area contributed by atoms with Gasteiger partial charge in [0.15, 0.2) is 11.5 Å². The van der Waals surface area contributed by atoms with Gasteiger partial charge in [-0.2, -0.15) is 18.3 Å². The average Bonchev–Trinajstić information content (AvgIpc) is 3.28. The quantitative estimate of drug-likeness (QED) is 0.353. The highest BCUT2D eigenvalue weighted by Crippen LogP contribution is 2.45. The van der Waals surface area contributed by atoms with E-state index in [9.17, 15) is 36.3 Å². The Hall–Kier alpha value is -4.21. The lowest BCUT2D eigenvalue weighted by Gasteiger charge is -2.16. The van der Waals surface area contributed by atoms with E-state index in [0.29, 0.717) is 17.8 Å². The molecule has 1 aliphatic heterocycles. The fourth-order valence-corrected chi connectivity index (χ4v) is 5.28. The van der Waals surface area contributed by atoms with Crippen LogP contribution in [0.1, 0.15) is 26.7 Å². The summed E-state index contributed by atoms with van der Waals surface area (Å²) in [6.07, 6.45) is -7.07. The van der Waals surface area contributed by atoms with Gasteiger partial charge in [0.05, 0.1) is 28.0 Å². The topological polar surface area (TPSA) is 134 Å². The van der Waals surface area contributed by atoms with Crippen molar-refractivity contribution in [3.05, 3.63) is 52.7 Å². The number of halogens is 6. The van der Waals surface area contributed by atoms with Gasteiger partial charge in [-0.25, -0.2) is 18.6 Å². The molecule has 3 heterocycles. The fourth-order valence-electron chi connectivity index (χ4n) is 5.01. The predicted molar refractivity (Wildman–Crippen MR) is 133 cm³/mol. The van der Waals surface area contributed by atoms with Crippen LogP contribution in [0.4, 0.5) is 32.4 Å². The summed E-state index contributed by atoms with van der Waals surface area (Å²) in [5.74, 6) is -1.48. The minimum atomic E-state index is -4.95. The Kier molecular flexibility index (Phi) is 7.13. The molecule has 2 aromatic heterocycles. The molecule has 0 bridgehead atoms. The summed E-state index contributed by atoms with van der Waals surface area (Å²) < 4.78 is 67.6. The molecule has 3 N–H and O–H groups in total. The minimum Gasteiger partial charge on any atom is -0.465 e. The van der Waals surface area contributed by atoms with E-state index in [-0.39, 0.29) is 45.7 Å². The largest absolute Gasteiger partial charge is 0.465 e. The Bertz CT molecular complexity index is 1530. The Morgan fingerprint density at radius 3 is 2.44 bits per heavy atom. The fraction of sp³-hybridized carbons (Fsp3) is 0.375. The van der Waals surface area contributed by atoms with E-state index in [1.807, 2.05) is 0 Å². The zero-order valence-corrected chi connectivity index (χ0v) is 21.7. The first-order valence-corrected chi connectivity index (χ1v) is 12.5. The van der Waals surface area contributed by atoms with Crippen LogP contribution in [0, 0.1) is 11.8 Å². The number of likely N-dealkylation sites (tertiary alicyclic amines) is 1. The van der Waals surface area contributed by atoms with Gasteiger partial charge in [0.1, 0.15) is 6.54 Å². The average molecular weight is 602 g/mol. The molecule has 41 heavy (non-hydrogen) atoms. The van der Waals surface area contributed by atoms with E-state index < -0.39 is 48.3 Å². The summed E-state index contributed by atoms with van der Waals surface area (Å²) in [4.78, 5) is 41.8. The zero-order valence-electron chi connectivity index (χ0n) is 21.0. The van der Waals surface area contributed by atoms with Crippen molar-refractivity contribution in [1.29, 1.82) is 0 Å². The van der Waals surface area contributed by atoms with Crippen molar-refractivity contribution < 1.29 is 41.4 Å². The summed E-state index contributed by atoms with van der Waals surface area (Å²) in [7, 11) is 1.28. The maximum absolute atomic E-state index is 13.5. The number of nitrogens with zero attached hydrogens (tertiary/aromatic N) is 5. The van der Waals surface area contributed by atoms with Gasteiger partial charge < -0.3 is 25.2 Å². The Labute approximate surface area is 232 Å². The van der Waals surface area contributed by atoms with Gasteiger partial charge in [0.25, 0.3) is 18.2 Å². The first-order chi connectivity index (χ1) is 19.2. The second-order valence-corrected chi connectivity index (χ2v) is 10.1. The van der Waals surface area contributed by atoms with Crippen LogP contribution < -0.4 is 10.6 Å². The van der Waals surface area contributed by atoms with Gasteiger partial charge in [-0.3, -0.25) is 14.3 Å². The molecule has 2 aliphatic rings. The normalized spacial score (nSPS) is 19.8. The van der Waals surface area contributed by atoms with Crippen LogP contribution in [0.15, 0.2) is 30.6 Å². The highest BCUT2D eigenvalue weighted by molar-refractivity contribution is 6.34. The second-order valence-electron chi connectivity index (χ2n) is 9.69. The van der Waals surface area contributed by atoms with Crippen molar-refractivity contribution >= 4 is 35.2 Å². The number of benzene rings is 1.